The number of hydrogen-bond acceptors (Lipinski definition) is 0. The number of benzene rings is 3. The smallest absolute Gasteiger partial charge is 0.166 e. The van der Waals surface area contributed by atoms with Crippen LogP contribution < -0.4 is 0 Å². The number of unbranched alkanes of at least 4 members (excludes halogenated alkanes) is 2. The van der Waals surface area contributed by atoms with Crippen LogP contribution in [0.5, 0.6) is 0 Å². The summed E-state index contributed by atoms with van der Waals surface area (Å²) < 4.78 is 29.1. The third-order valence-electron chi connectivity index (χ3n) is 5.23. The zero-order valence-electron chi connectivity index (χ0n) is 16.8. The highest BCUT2D eigenvalue weighted by molar-refractivity contribution is 5.71. The van der Waals surface area contributed by atoms with Gasteiger partial charge in [0.2, 0.25) is 0 Å². The Bertz CT molecular complexity index is 893. The van der Waals surface area contributed by atoms with Crippen LogP contribution in [0.2, 0.25) is 0 Å². The van der Waals surface area contributed by atoms with Crippen molar-refractivity contribution in [1.82, 2.24) is 0 Å². The summed E-state index contributed by atoms with van der Waals surface area (Å²) in [5, 5.41) is 0. The fourth-order valence-electron chi connectivity index (χ4n) is 3.57. The van der Waals surface area contributed by atoms with Crippen molar-refractivity contribution in [3.63, 3.8) is 0 Å². The molecule has 3 aromatic carbocycles. The van der Waals surface area contributed by atoms with E-state index in [-0.39, 0.29) is 0 Å². The highest BCUT2D eigenvalue weighted by Crippen LogP contribution is 2.29. The average molecular weight is 379 g/mol. The summed E-state index contributed by atoms with van der Waals surface area (Å²) in [4.78, 5) is 0. The molecule has 28 heavy (non-hydrogen) atoms. The lowest BCUT2D eigenvalue weighted by Gasteiger charge is -2.10. The van der Waals surface area contributed by atoms with Gasteiger partial charge in [-0.05, 0) is 47.1 Å². The van der Waals surface area contributed by atoms with Gasteiger partial charge in [0.1, 0.15) is 0 Å². The maximum atomic E-state index is 14.6. The maximum absolute atomic E-state index is 14.6. The van der Waals surface area contributed by atoms with E-state index in [1.54, 1.807) is 12.1 Å². The van der Waals surface area contributed by atoms with E-state index in [0.29, 0.717) is 23.1 Å². The first-order chi connectivity index (χ1) is 13.6. The van der Waals surface area contributed by atoms with Gasteiger partial charge in [-0.25, -0.2) is 8.78 Å². The fourth-order valence-corrected chi connectivity index (χ4v) is 3.57. The minimum Gasteiger partial charge on any atom is -0.203 e. The first kappa shape index (κ1) is 20.3. The molecule has 0 amide bonds. The van der Waals surface area contributed by atoms with Crippen LogP contribution in [-0.2, 0) is 12.8 Å². The molecule has 2 heteroatoms. The van der Waals surface area contributed by atoms with E-state index < -0.39 is 11.6 Å². The van der Waals surface area contributed by atoms with Crippen LogP contribution in [0.25, 0.3) is 22.3 Å². The molecule has 0 fully saturated rings. The van der Waals surface area contributed by atoms with E-state index in [1.165, 1.54) is 5.56 Å². The molecule has 3 aromatic rings. The molecule has 146 valence electrons. The van der Waals surface area contributed by atoms with Crippen LogP contribution in [0.15, 0.2) is 60.7 Å². The Labute approximate surface area is 167 Å². The summed E-state index contributed by atoms with van der Waals surface area (Å²) >= 11 is 0. The van der Waals surface area contributed by atoms with Crippen molar-refractivity contribution >= 4 is 0 Å². The lowest BCUT2D eigenvalue weighted by atomic mass is 9.97. The van der Waals surface area contributed by atoms with Gasteiger partial charge in [-0.3, -0.25) is 0 Å². The van der Waals surface area contributed by atoms with E-state index in [4.69, 9.17) is 0 Å². The van der Waals surface area contributed by atoms with Gasteiger partial charge in [0.15, 0.2) is 11.6 Å². The third-order valence-corrected chi connectivity index (χ3v) is 5.23. The Kier molecular flexibility index (Phi) is 6.97. The van der Waals surface area contributed by atoms with Crippen molar-refractivity contribution in [2.45, 2.75) is 52.4 Å². The Morgan fingerprint density at radius 1 is 0.571 bits per heavy atom. The molecular formula is C26H28F2. The number of hydrogen-bond donors (Lipinski definition) is 0. The van der Waals surface area contributed by atoms with Crippen molar-refractivity contribution in [3.05, 3.63) is 83.4 Å². The predicted octanol–water partition coefficient (Wildman–Crippen LogP) is 7.98. The number of rotatable bonds is 8. The van der Waals surface area contributed by atoms with Crippen LogP contribution in [0.1, 0.15) is 50.7 Å². The first-order valence-electron chi connectivity index (χ1n) is 10.3. The molecule has 0 saturated carbocycles. The Morgan fingerprint density at radius 3 is 1.79 bits per heavy atom. The first-order valence-corrected chi connectivity index (χ1v) is 10.3. The van der Waals surface area contributed by atoms with Crippen LogP contribution in [0, 0.1) is 11.6 Å². The zero-order chi connectivity index (χ0) is 19.9. The summed E-state index contributed by atoms with van der Waals surface area (Å²) in [6, 6.07) is 19.6. The molecule has 0 atom stereocenters. The summed E-state index contributed by atoms with van der Waals surface area (Å²) in [5.74, 6) is -1.45. The highest BCUT2D eigenvalue weighted by Gasteiger charge is 2.14. The molecule has 0 aromatic heterocycles. The van der Waals surface area contributed by atoms with Crippen molar-refractivity contribution in [2.24, 2.45) is 0 Å². The summed E-state index contributed by atoms with van der Waals surface area (Å²) in [5.41, 5.74) is 5.02. The van der Waals surface area contributed by atoms with E-state index in [9.17, 15) is 8.78 Å². The van der Waals surface area contributed by atoms with Gasteiger partial charge in [-0.15, -0.1) is 0 Å². The monoisotopic (exact) mass is 378 g/mol. The third kappa shape index (κ3) is 4.67. The second kappa shape index (κ2) is 9.64. The summed E-state index contributed by atoms with van der Waals surface area (Å²) in [7, 11) is 0. The zero-order valence-corrected chi connectivity index (χ0v) is 16.8. The van der Waals surface area contributed by atoms with E-state index >= 15 is 0 Å². The predicted molar refractivity (Wildman–Crippen MR) is 114 cm³/mol. The largest absolute Gasteiger partial charge is 0.203 e. The SMILES string of the molecule is CCCCCc1ccc(-c2ccc(-c3ccc(CCC)cc3)cc2)c(F)c1F. The molecule has 0 aliphatic carbocycles. The molecule has 0 bridgehead atoms. The van der Waals surface area contributed by atoms with E-state index in [2.05, 4.69) is 38.1 Å². The Hall–Kier alpha value is -2.48. The minimum atomic E-state index is -0.745. The quantitative estimate of drug-likeness (QED) is 0.348. The molecule has 0 aliphatic rings. The standard InChI is InChI=1S/C26H28F2/c1-3-5-6-8-23-17-18-24(26(28)25(23)27)22-15-13-21(14-16-22)20-11-9-19(7-4-2)10-12-20/h9-18H,3-8H2,1-2H3. The van der Waals surface area contributed by atoms with Crippen LogP contribution in [-0.4, -0.2) is 0 Å². The van der Waals surface area contributed by atoms with Crippen molar-refractivity contribution in [1.29, 1.82) is 0 Å². The molecule has 0 saturated heterocycles. The van der Waals surface area contributed by atoms with Crippen LogP contribution in [0.3, 0.4) is 0 Å². The van der Waals surface area contributed by atoms with Gasteiger partial charge >= 0.3 is 0 Å². The lowest BCUT2D eigenvalue weighted by molar-refractivity contribution is 0.498. The molecule has 0 unspecified atom stereocenters. The molecular weight excluding hydrogens is 350 g/mol. The van der Waals surface area contributed by atoms with Gasteiger partial charge in [0, 0.05) is 5.56 Å². The van der Waals surface area contributed by atoms with Crippen molar-refractivity contribution < 1.29 is 8.78 Å². The van der Waals surface area contributed by atoms with Gasteiger partial charge in [0.25, 0.3) is 0 Å². The lowest BCUT2D eigenvalue weighted by Crippen LogP contribution is -1.97. The molecule has 0 aliphatic heterocycles. The van der Waals surface area contributed by atoms with Gasteiger partial charge in [-0.2, -0.15) is 0 Å². The van der Waals surface area contributed by atoms with Crippen LogP contribution in [0.4, 0.5) is 8.78 Å². The highest BCUT2D eigenvalue weighted by atomic mass is 19.2. The second-order valence-corrected chi connectivity index (χ2v) is 7.38. The molecule has 0 radical (unpaired) electrons. The van der Waals surface area contributed by atoms with Crippen molar-refractivity contribution in [2.75, 3.05) is 0 Å². The molecule has 3 rings (SSSR count). The number of aryl methyl sites for hydroxylation is 2. The van der Waals surface area contributed by atoms with Crippen LogP contribution >= 0.6 is 0 Å². The fraction of sp³-hybridized carbons (Fsp3) is 0.308. The average Bonchev–Trinajstić information content (AvgIpc) is 2.72. The molecule has 0 spiro atoms. The molecule has 0 nitrogen and oxygen atoms in total. The Morgan fingerprint density at radius 2 is 1.18 bits per heavy atom. The minimum absolute atomic E-state index is 0.321. The van der Waals surface area contributed by atoms with Gasteiger partial charge < -0.3 is 0 Å². The van der Waals surface area contributed by atoms with E-state index in [1.807, 2.05) is 24.3 Å². The van der Waals surface area contributed by atoms with Gasteiger partial charge in [-0.1, -0.05) is 93.8 Å². The molecule has 0 heterocycles. The maximum Gasteiger partial charge on any atom is 0.166 e. The Balaban J connectivity index is 1.80. The summed E-state index contributed by atoms with van der Waals surface area (Å²) in [6.45, 7) is 4.27. The van der Waals surface area contributed by atoms with Crippen molar-refractivity contribution in [3.8, 4) is 22.3 Å². The topological polar surface area (TPSA) is 0 Å². The normalized spacial score (nSPS) is 11.0. The van der Waals surface area contributed by atoms with Gasteiger partial charge in [0.05, 0.1) is 0 Å². The second-order valence-electron chi connectivity index (χ2n) is 7.38. The summed E-state index contributed by atoms with van der Waals surface area (Å²) in [6.07, 6.45) is 5.79. The van der Waals surface area contributed by atoms with E-state index in [0.717, 1.165) is 43.2 Å². The molecule has 0 N–H and O–H groups in total. The number of halogens is 2.